The summed E-state index contributed by atoms with van der Waals surface area (Å²) >= 11 is 2.74. The fourth-order valence-corrected chi connectivity index (χ4v) is 4.50. The number of nitrogens with zero attached hydrogens (tertiary/aromatic N) is 3. The summed E-state index contributed by atoms with van der Waals surface area (Å²) in [5.41, 5.74) is 3.30. The van der Waals surface area contributed by atoms with Gasteiger partial charge in [-0.2, -0.15) is 5.26 Å². The van der Waals surface area contributed by atoms with Gasteiger partial charge in [-0.15, -0.1) is 11.3 Å². The Morgan fingerprint density at radius 1 is 1.21 bits per heavy atom. The summed E-state index contributed by atoms with van der Waals surface area (Å²) < 4.78 is 0. The average Bonchev–Trinajstić information content (AvgIpc) is 3.21. The third-order valence-electron chi connectivity index (χ3n) is 4.27. The van der Waals surface area contributed by atoms with Gasteiger partial charge in [0.15, 0.2) is 5.13 Å². The van der Waals surface area contributed by atoms with E-state index in [2.05, 4.69) is 28.3 Å². The molecular weight excluding hydrogens is 400 g/mol. The zero-order chi connectivity index (χ0) is 20.6. The lowest BCUT2D eigenvalue weighted by Crippen LogP contribution is -2.24. The number of thiazole rings is 1. The highest BCUT2D eigenvalue weighted by Crippen LogP contribution is 2.30. The number of aromatic nitrogens is 2. The number of hydrogen-bond acceptors (Lipinski definition) is 6. The Kier molecular flexibility index (Phi) is 7.39. The molecule has 1 unspecified atom stereocenters. The lowest BCUT2D eigenvalue weighted by molar-refractivity contribution is -0.115. The van der Waals surface area contributed by atoms with Crippen LogP contribution in [0.4, 0.5) is 5.13 Å². The summed E-state index contributed by atoms with van der Waals surface area (Å²) in [6.07, 6.45) is 2.45. The number of anilines is 1. The number of carbonyl (C=O) groups is 1. The van der Waals surface area contributed by atoms with Crippen LogP contribution in [0, 0.1) is 11.3 Å². The molecule has 0 aliphatic rings. The first kappa shape index (κ1) is 21.0. The van der Waals surface area contributed by atoms with Crippen molar-refractivity contribution in [2.75, 3.05) is 5.32 Å². The second-order valence-corrected chi connectivity index (χ2v) is 8.47. The highest BCUT2D eigenvalue weighted by atomic mass is 32.2. The molecule has 148 valence electrons. The van der Waals surface area contributed by atoms with Crippen molar-refractivity contribution in [1.82, 2.24) is 9.97 Å². The van der Waals surface area contributed by atoms with Gasteiger partial charge in [0.2, 0.25) is 5.91 Å². The topological polar surface area (TPSA) is 78.7 Å². The number of pyridine rings is 1. The van der Waals surface area contributed by atoms with Gasteiger partial charge in [0.1, 0.15) is 11.1 Å². The SMILES string of the molecule is CCCc1ccc(C#N)c(SC(CC)C(=O)Nc2nc(-c3ccccc3)cs2)n1. The minimum absolute atomic E-state index is 0.127. The van der Waals surface area contributed by atoms with E-state index in [0.717, 1.165) is 29.8 Å². The van der Waals surface area contributed by atoms with Crippen molar-refractivity contribution in [2.24, 2.45) is 0 Å². The van der Waals surface area contributed by atoms with Crippen LogP contribution < -0.4 is 5.32 Å². The van der Waals surface area contributed by atoms with Crippen LogP contribution in [0.15, 0.2) is 52.9 Å². The Bertz CT molecular complexity index is 1010. The smallest absolute Gasteiger partial charge is 0.239 e. The van der Waals surface area contributed by atoms with E-state index < -0.39 is 0 Å². The summed E-state index contributed by atoms with van der Waals surface area (Å²) in [6.45, 7) is 4.04. The highest BCUT2D eigenvalue weighted by molar-refractivity contribution is 8.00. The van der Waals surface area contributed by atoms with Gasteiger partial charge in [0, 0.05) is 16.6 Å². The number of thioether (sulfide) groups is 1. The quantitative estimate of drug-likeness (QED) is 0.482. The molecule has 29 heavy (non-hydrogen) atoms. The molecule has 0 fully saturated rings. The van der Waals surface area contributed by atoms with E-state index in [-0.39, 0.29) is 11.2 Å². The number of nitrogens with one attached hydrogen (secondary N) is 1. The molecule has 3 rings (SSSR count). The first-order valence-corrected chi connectivity index (χ1v) is 11.3. The van der Waals surface area contributed by atoms with Gasteiger partial charge in [-0.3, -0.25) is 4.79 Å². The van der Waals surface area contributed by atoms with Crippen LogP contribution in [-0.2, 0) is 11.2 Å². The van der Waals surface area contributed by atoms with Crippen molar-refractivity contribution >= 4 is 34.1 Å². The summed E-state index contributed by atoms with van der Waals surface area (Å²) in [6, 6.07) is 15.7. The second kappa shape index (κ2) is 10.2. The van der Waals surface area contributed by atoms with E-state index in [0.29, 0.717) is 22.1 Å². The van der Waals surface area contributed by atoms with Gasteiger partial charge in [-0.05, 0) is 25.0 Å². The average molecular weight is 423 g/mol. The molecule has 0 saturated heterocycles. The Hall–Kier alpha value is -2.69. The predicted octanol–water partition coefficient (Wildman–Crippen LogP) is 5.54. The molecule has 5 nitrogen and oxygen atoms in total. The molecule has 1 atom stereocenters. The molecule has 0 spiro atoms. The molecule has 1 amide bonds. The standard InChI is InChI=1S/C22H22N4OS2/c1-3-8-17-12-11-16(13-23)21(24-17)29-19(4-2)20(27)26-22-25-18(14-28-22)15-9-6-5-7-10-15/h5-7,9-12,14,19H,3-4,8H2,1-2H3,(H,25,26,27). The molecule has 0 radical (unpaired) electrons. The van der Waals surface area contributed by atoms with Gasteiger partial charge in [0.05, 0.1) is 16.5 Å². The van der Waals surface area contributed by atoms with E-state index >= 15 is 0 Å². The van der Waals surface area contributed by atoms with Crippen LogP contribution >= 0.6 is 23.1 Å². The zero-order valence-corrected chi connectivity index (χ0v) is 18.0. The maximum atomic E-state index is 12.8. The van der Waals surface area contributed by atoms with E-state index in [9.17, 15) is 10.1 Å². The zero-order valence-electron chi connectivity index (χ0n) is 16.4. The third kappa shape index (κ3) is 5.43. The number of carbonyl (C=O) groups excluding carboxylic acids is 1. The molecule has 0 bridgehead atoms. The molecule has 0 aliphatic carbocycles. The van der Waals surface area contributed by atoms with Crippen molar-refractivity contribution in [1.29, 1.82) is 5.26 Å². The normalized spacial score (nSPS) is 11.6. The minimum Gasteiger partial charge on any atom is -0.301 e. The fraction of sp³-hybridized carbons (Fsp3) is 0.273. The van der Waals surface area contributed by atoms with Gasteiger partial charge in [-0.25, -0.2) is 9.97 Å². The second-order valence-electron chi connectivity index (χ2n) is 6.43. The van der Waals surface area contributed by atoms with Crippen molar-refractivity contribution < 1.29 is 4.79 Å². The van der Waals surface area contributed by atoms with E-state index in [1.165, 1.54) is 23.1 Å². The molecule has 1 aromatic carbocycles. The monoisotopic (exact) mass is 422 g/mol. The highest BCUT2D eigenvalue weighted by Gasteiger charge is 2.22. The lowest BCUT2D eigenvalue weighted by atomic mass is 10.2. The predicted molar refractivity (Wildman–Crippen MR) is 119 cm³/mol. The largest absolute Gasteiger partial charge is 0.301 e. The summed E-state index contributed by atoms with van der Waals surface area (Å²) in [4.78, 5) is 22.0. The first-order valence-electron chi connectivity index (χ1n) is 9.53. The number of hydrogen-bond donors (Lipinski definition) is 1. The minimum atomic E-state index is -0.351. The van der Waals surface area contributed by atoms with Crippen molar-refractivity contribution in [3.05, 3.63) is 59.1 Å². The Labute approximate surface area is 179 Å². The molecule has 1 N–H and O–H groups in total. The molecule has 2 aromatic heterocycles. The van der Waals surface area contributed by atoms with Gasteiger partial charge >= 0.3 is 0 Å². The van der Waals surface area contributed by atoms with Crippen molar-refractivity contribution in [3.63, 3.8) is 0 Å². The van der Waals surface area contributed by atoms with Gasteiger partial charge in [0.25, 0.3) is 0 Å². The van der Waals surface area contributed by atoms with E-state index in [1.54, 1.807) is 6.07 Å². The molecule has 2 heterocycles. The molecular formula is C22H22N4OS2. The number of aryl methyl sites for hydroxylation is 1. The molecule has 3 aromatic rings. The van der Waals surface area contributed by atoms with Gasteiger partial charge in [-0.1, -0.05) is 62.4 Å². The number of benzene rings is 1. The Morgan fingerprint density at radius 3 is 2.69 bits per heavy atom. The van der Waals surface area contributed by atoms with Crippen LogP contribution in [0.3, 0.4) is 0 Å². The van der Waals surface area contributed by atoms with Crippen LogP contribution in [0.2, 0.25) is 0 Å². The van der Waals surface area contributed by atoms with Crippen molar-refractivity contribution in [3.8, 4) is 17.3 Å². The van der Waals surface area contributed by atoms with E-state index in [4.69, 9.17) is 0 Å². The Morgan fingerprint density at radius 2 is 2.00 bits per heavy atom. The van der Waals surface area contributed by atoms with Crippen LogP contribution in [0.5, 0.6) is 0 Å². The molecule has 0 saturated carbocycles. The van der Waals surface area contributed by atoms with Crippen LogP contribution in [-0.4, -0.2) is 21.1 Å². The van der Waals surface area contributed by atoms with Gasteiger partial charge < -0.3 is 5.32 Å². The number of amides is 1. The number of nitriles is 1. The summed E-state index contributed by atoms with van der Waals surface area (Å²) in [5.74, 6) is -0.127. The maximum Gasteiger partial charge on any atom is 0.239 e. The first-order chi connectivity index (χ1) is 14.1. The molecule has 0 aliphatic heterocycles. The Balaban J connectivity index is 1.72. The lowest BCUT2D eigenvalue weighted by Gasteiger charge is -2.14. The number of rotatable bonds is 8. The molecule has 7 heteroatoms. The van der Waals surface area contributed by atoms with Crippen molar-refractivity contribution in [2.45, 2.75) is 43.4 Å². The van der Waals surface area contributed by atoms with Crippen LogP contribution in [0.25, 0.3) is 11.3 Å². The summed E-state index contributed by atoms with van der Waals surface area (Å²) in [7, 11) is 0. The van der Waals surface area contributed by atoms with E-state index in [1.807, 2.05) is 48.7 Å². The third-order valence-corrected chi connectivity index (χ3v) is 6.39. The maximum absolute atomic E-state index is 12.8. The van der Waals surface area contributed by atoms with Crippen LogP contribution in [0.1, 0.15) is 37.9 Å². The summed E-state index contributed by atoms with van der Waals surface area (Å²) in [5, 5.41) is 15.1. The fourth-order valence-electron chi connectivity index (χ4n) is 2.76.